The summed E-state index contributed by atoms with van der Waals surface area (Å²) in [6.07, 6.45) is 5.75. The average molecular weight is 841 g/mol. The third-order valence-corrected chi connectivity index (χ3v) is 14.8. The van der Waals surface area contributed by atoms with Crippen LogP contribution in [0.2, 0.25) is 0 Å². The smallest absolute Gasteiger partial charge is 0.410 e. The third kappa shape index (κ3) is 11.6. The summed E-state index contributed by atoms with van der Waals surface area (Å²) in [6, 6.07) is 3.55. The molecule has 5 rings (SSSR count). The van der Waals surface area contributed by atoms with Crippen molar-refractivity contribution in [3.63, 3.8) is 0 Å². The van der Waals surface area contributed by atoms with Gasteiger partial charge in [0.15, 0.2) is 9.84 Å². The summed E-state index contributed by atoms with van der Waals surface area (Å²) in [4.78, 5) is 85.6. The van der Waals surface area contributed by atoms with E-state index in [0.29, 0.717) is 32.4 Å². The lowest BCUT2D eigenvalue weighted by atomic mass is 9.83. The number of rotatable bonds is 14. The van der Waals surface area contributed by atoms with Crippen molar-refractivity contribution in [1.82, 2.24) is 31.1 Å². The fraction of sp³-hybridized carbons (Fsp3) is 0.674. The van der Waals surface area contributed by atoms with Gasteiger partial charge in [0.1, 0.15) is 18.2 Å². The van der Waals surface area contributed by atoms with E-state index in [-0.39, 0.29) is 37.6 Å². The predicted molar refractivity (Wildman–Crippen MR) is 223 cm³/mol. The van der Waals surface area contributed by atoms with Gasteiger partial charge in [-0.05, 0) is 68.9 Å². The van der Waals surface area contributed by atoms with Crippen LogP contribution in [0.4, 0.5) is 9.59 Å². The van der Waals surface area contributed by atoms with Crippen molar-refractivity contribution in [3.8, 4) is 0 Å². The first kappa shape index (κ1) is 45.6. The van der Waals surface area contributed by atoms with Crippen LogP contribution < -0.4 is 21.3 Å². The van der Waals surface area contributed by atoms with Gasteiger partial charge in [0.05, 0.1) is 28.6 Å². The molecule has 2 saturated carbocycles. The summed E-state index contributed by atoms with van der Waals surface area (Å²) in [5.41, 5.74) is 0.208. The summed E-state index contributed by atoms with van der Waals surface area (Å²) in [6.45, 7) is 14.4. The zero-order chi connectivity index (χ0) is 43.3. The van der Waals surface area contributed by atoms with E-state index in [1.54, 1.807) is 46.4 Å². The highest BCUT2D eigenvalue weighted by molar-refractivity contribution is 7.92. The Morgan fingerprint density at radius 2 is 1.63 bits per heavy atom. The van der Waals surface area contributed by atoms with Gasteiger partial charge in [-0.15, -0.1) is 6.58 Å². The highest BCUT2D eigenvalue weighted by atomic mass is 32.2. The van der Waals surface area contributed by atoms with Crippen LogP contribution in [0.15, 0.2) is 36.9 Å². The first-order valence-corrected chi connectivity index (χ1v) is 22.7. The van der Waals surface area contributed by atoms with E-state index in [4.69, 9.17) is 4.74 Å². The van der Waals surface area contributed by atoms with Crippen LogP contribution >= 0.6 is 0 Å². The summed E-state index contributed by atoms with van der Waals surface area (Å²) in [5.74, 6) is -3.08. The molecule has 326 valence electrons. The van der Waals surface area contributed by atoms with Gasteiger partial charge in [-0.2, -0.15) is 0 Å². The first-order valence-electron chi connectivity index (χ1n) is 21.0. The molecule has 0 spiro atoms. The average Bonchev–Trinajstić information content (AvgIpc) is 3.89. The molecule has 2 aliphatic carbocycles. The largest absolute Gasteiger partial charge is 0.444 e. The standard InChI is InChI=1S/C43H64N6O9S/c1-8-21-44-37(52)34(50)32(23-28-16-17-28)45-36(51)33-24-31(58-40(55)48-22-18-29-14-10-11-15-30(29)25-48)26-49(33)38(53)35(41(2,3)4)46-39(54)47-43(19-12-9-13-20-43)27-59(56,57)42(5,6)7/h8,10-11,14-15,28,31-33,35H,1,9,12-13,16-27H2,2-7H3,(H,44,52)(H,45,51)(H2,46,47,54). The Hall–Kier alpha value is -4.47. The predicted octanol–water partition coefficient (Wildman–Crippen LogP) is 3.94. The Morgan fingerprint density at radius 1 is 0.966 bits per heavy atom. The molecule has 4 N–H and O–H groups in total. The number of carbonyl (C=O) groups excluding carboxylic acids is 6. The molecule has 6 amide bonds. The van der Waals surface area contributed by atoms with Gasteiger partial charge < -0.3 is 35.8 Å². The first-order chi connectivity index (χ1) is 27.6. The lowest BCUT2D eigenvalue weighted by Crippen LogP contribution is -2.63. The van der Waals surface area contributed by atoms with Crippen molar-refractivity contribution in [1.29, 1.82) is 0 Å². The molecule has 4 aliphatic rings. The number of likely N-dealkylation sites (tertiary alicyclic amines) is 1. The molecule has 0 radical (unpaired) electrons. The van der Waals surface area contributed by atoms with Gasteiger partial charge in [-0.3, -0.25) is 19.2 Å². The van der Waals surface area contributed by atoms with Gasteiger partial charge in [-0.1, -0.05) is 83.2 Å². The van der Waals surface area contributed by atoms with Gasteiger partial charge >= 0.3 is 12.1 Å². The van der Waals surface area contributed by atoms with E-state index >= 15 is 0 Å². The topological polar surface area (TPSA) is 200 Å². The molecule has 59 heavy (non-hydrogen) atoms. The molecule has 4 atom stereocenters. The van der Waals surface area contributed by atoms with E-state index in [1.807, 2.05) is 24.3 Å². The number of nitrogens with zero attached hydrogens (tertiary/aromatic N) is 2. The highest BCUT2D eigenvalue weighted by Gasteiger charge is 2.49. The van der Waals surface area contributed by atoms with Crippen LogP contribution in [0.1, 0.15) is 110 Å². The lowest BCUT2D eigenvalue weighted by molar-refractivity contribution is -0.144. The molecule has 4 unspecified atom stereocenters. The minimum absolute atomic E-state index is 0.0670. The Labute approximate surface area is 349 Å². The molecular formula is C43H64N6O9S. The number of hydrogen-bond acceptors (Lipinski definition) is 9. The highest BCUT2D eigenvalue weighted by Crippen LogP contribution is 2.35. The molecule has 1 aromatic carbocycles. The number of fused-ring (bicyclic) bond motifs is 1. The maximum atomic E-state index is 14.8. The van der Waals surface area contributed by atoms with Gasteiger partial charge in [0.25, 0.3) is 5.91 Å². The van der Waals surface area contributed by atoms with Crippen molar-refractivity contribution in [2.24, 2.45) is 11.3 Å². The fourth-order valence-electron chi connectivity index (χ4n) is 8.18. The monoisotopic (exact) mass is 840 g/mol. The number of amides is 6. The molecule has 0 bridgehead atoms. The number of Topliss-reactive ketones (excluding diaryl/α,β-unsaturated/α-hetero) is 1. The summed E-state index contributed by atoms with van der Waals surface area (Å²) >= 11 is 0. The maximum absolute atomic E-state index is 14.8. The van der Waals surface area contributed by atoms with Crippen LogP contribution in [-0.4, -0.2) is 114 Å². The number of ketones is 1. The molecule has 3 fully saturated rings. The zero-order valence-corrected chi connectivity index (χ0v) is 36.4. The van der Waals surface area contributed by atoms with Crippen molar-refractivity contribution < 1.29 is 41.9 Å². The molecule has 0 aromatic heterocycles. The Balaban J connectivity index is 1.39. The minimum Gasteiger partial charge on any atom is -0.444 e. The number of benzene rings is 1. The van der Waals surface area contributed by atoms with Crippen molar-refractivity contribution >= 4 is 45.5 Å². The summed E-state index contributed by atoms with van der Waals surface area (Å²) in [7, 11) is -3.63. The lowest BCUT2D eigenvalue weighted by Gasteiger charge is -2.41. The normalized spacial score (nSPS) is 21.6. The molecule has 16 heteroatoms. The number of sulfone groups is 1. The summed E-state index contributed by atoms with van der Waals surface area (Å²) < 4.78 is 31.8. The van der Waals surface area contributed by atoms with Crippen LogP contribution in [0.3, 0.4) is 0 Å². The van der Waals surface area contributed by atoms with Crippen LogP contribution in [-0.2, 0) is 46.7 Å². The number of carbonyl (C=O) groups is 6. The Bertz CT molecular complexity index is 1880. The quantitative estimate of drug-likeness (QED) is 0.158. The molecule has 1 saturated heterocycles. The number of urea groups is 1. The second-order valence-corrected chi connectivity index (χ2v) is 21.6. The van der Waals surface area contributed by atoms with Crippen LogP contribution in [0, 0.1) is 11.3 Å². The van der Waals surface area contributed by atoms with Crippen LogP contribution in [0.25, 0.3) is 0 Å². The van der Waals surface area contributed by atoms with Crippen molar-refractivity contribution in [2.75, 3.05) is 25.4 Å². The van der Waals surface area contributed by atoms with E-state index in [0.717, 1.165) is 43.2 Å². The van der Waals surface area contributed by atoms with Gasteiger partial charge in [0, 0.05) is 26.1 Å². The second kappa shape index (κ2) is 18.4. The SMILES string of the molecule is C=CCNC(=O)C(=O)C(CC1CC1)NC(=O)C1CC(OC(=O)N2CCc3ccccc3C2)CN1C(=O)C(NC(=O)NC1(CS(=O)(=O)C(C)(C)C)CCCCC1)C(C)(C)C. The molecule has 2 heterocycles. The molecule has 1 aromatic rings. The van der Waals surface area contributed by atoms with E-state index in [2.05, 4.69) is 27.8 Å². The zero-order valence-electron chi connectivity index (χ0n) is 35.6. The number of ether oxygens (including phenoxy) is 1. The van der Waals surface area contributed by atoms with Gasteiger partial charge in [-0.25, -0.2) is 18.0 Å². The van der Waals surface area contributed by atoms with Gasteiger partial charge in [0.2, 0.25) is 17.6 Å². The maximum Gasteiger partial charge on any atom is 0.410 e. The van der Waals surface area contributed by atoms with E-state index in [9.17, 15) is 37.2 Å². The number of nitrogens with one attached hydrogen (secondary N) is 4. The minimum atomic E-state index is -3.63. The van der Waals surface area contributed by atoms with Crippen molar-refractivity contribution in [3.05, 3.63) is 48.0 Å². The molecule has 15 nitrogen and oxygen atoms in total. The summed E-state index contributed by atoms with van der Waals surface area (Å²) in [5, 5.41) is 11.0. The van der Waals surface area contributed by atoms with Crippen molar-refractivity contribution in [2.45, 2.75) is 147 Å². The van der Waals surface area contributed by atoms with Crippen LogP contribution in [0.5, 0.6) is 0 Å². The van der Waals surface area contributed by atoms with E-state index < -0.39 is 85.4 Å². The third-order valence-electron chi connectivity index (χ3n) is 12.0. The Morgan fingerprint density at radius 3 is 2.24 bits per heavy atom. The second-order valence-electron chi connectivity index (χ2n) is 18.9. The number of hydrogen-bond donors (Lipinski definition) is 4. The molecule has 2 aliphatic heterocycles. The Kier molecular flexibility index (Phi) is 14.2. The van der Waals surface area contributed by atoms with E-state index in [1.165, 1.54) is 11.0 Å². The molecular weight excluding hydrogens is 777 g/mol. The fourth-order valence-corrected chi connectivity index (χ4v) is 9.70.